The first-order valence-corrected chi connectivity index (χ1v) is 5.27. The van der Waals surface area contributed by atoms with Crippen molar-refractivity contribution in [1.82, 2.24) is 10.2 Å². The summed E-state index contributed by atoms with van der Waals surface area (Å²) in [5.74, 6) is 0.266. The first kappa shape index (κ1) is 12.4. The van der Waals surface area contributed by atoms with Crippen LogP contribution in [0.4, 0.5) is 8.78 Å². The van der Waals surface area contributed by atoms with E-state index in [2.05, 4.69) is 12.2 Å². The predicted molar refractivity (Wildman–Crippen MR) is 53.8 cm³/mol. The molecule has 0 saturated carbocycles. The Morgan fingerprint density at radius 3 is 2.80 bits per heavy atom. The van der Waals surface area contributed by atoms with Gasteiger partial charge in [-0.2, -0.15) is 0 Å². The number of likely N-dealkylation sites (N-methyl/N-ethyl adjacent to an activating group) is 1. The molecule has 0 aromatic carbocycles. The van der Waals surface area contributed by atoms with Crippen molar-refractivity contribution in [3.05, 3.63) is 0 Å². The molecule has 0 spiro atoms. The lowest BCUT2D eigenvalue weighted by Gasteiger charge is -2.30. The minimum absolute atomic E-state index is 0.221. The Morgan fingerprint density at radius 2 is 2.27 bits per heavy atom. The highest BCUT2D eigenvalue weighted by Crippen LogP contribution is 2.16. The molecule has 5 heteroatoms. The van der Waals surface area contributed by atoms with Crippen molar-refractivity contribution in [3.63, 3.8) is 0 Å². The van der Waals surface area contributed by atoms with Gasteiger partial charge in [-0.15, -0.1) is 0 Å². The highest BCUT2D eigenvalue weighted by Gasteiger charge is 2.27. The van der Waals surface area contributed by atoms with Crippen LogP contribution in [0.5, 0.6) is 0 Å². The summed E-state index contributed by atoms with van der Waals surface area (Å²) < 4.78 is 24.2. The minimum atomic E-state index is -2.46. The zero-order chi connectivity index (χ0) is 11.4. The zero-order valence-electron chi connectivity index (χ0n) is 9.17. The molecule has 0 bridgehead atoms. The minimum Gasteiger partial charge on any atom is -0.339 e. The van der Waals surface area contributed by atoms with Gasteiger partial charge in [-0.05, 0) is 25.3 Å². The number of nitrogens with one attached hydrogen (secondary N) is 1. The standard InChI is InChI=1S/C10H18F2N2O/c1-7-3-4-13-8(5-7)10(15)14(2)6-9(11)12/h7-9,13H,3-6H2,1-2H3. The van der Waals surface area contributed by atoms with Gasteiger partial charge in [-0.3, -0.25) is 4.79 Å². The number of carbonyl (C=O) groups excluding carboxylic acids is 1. The van der Waals surface area contributed by atoms with Crippen molar-refractivity contribution < 1.29 is 13.6 Å². The molecule has 1 amide bonds. The second-order valence-corrected chi connectivity index (χ2v) is 4.25. The van der Waals surface area contributed by atoms with Gasteiger partial charge in [-0.1, -0.05) is 6.92 Å². The Balaban J connectivity index is 2.44. The fraction of sp³-hybridized carbons (Fsp3) is 0.900. The van der Waals surface area contributed by atoms with Gasteiger partial charge in [0.25, 0.3) is 6.43 Å². The van der Waals surface area contributed by atoms with Gasteiger partial charge in [0, 0.05) is 7.05 Å². The van der Waals surface area contributed by atoms with Crippen molar-refractivity contribution in [1.29, 1.82) is 0 Å². The van der Waals surface area contributed by atoms with Crippen LogP contribution in [0, 0.1) is 5.92 Å². The topological polar surface area (TPSA) is 32.3 Å². The van der Waals surface area contributed by atoms with Crippen LogP contribution in [-0.2, 0) is 4.79 Å². The summed E-state index contributed by atoms with van der Waals surface area (Å²) in [5, 5.41) is 3.07. The van der Waals surface area contributed by atoms with Crippen LogP contribution >= 0.6 is 0 Å². The fourth-order valence-electron chi connectivity index (χ4n) is 1.86. The largest absolute Gasteiger partial charge is 0.339 e. The summed E-state index contributed by atoms with van der Waals surface area (Å²) in [5.41, 5.74) is 0. The number of rotatable bonds is 3. The smallest absolute Gasteiger partial charge is 0.255 e. The summed E-state index contributed by atoms with van der Waals surface area (Å²) >= 11 is 0. The van der Waals surface area contributed by atoms with Crippen molar-refractivity contribution >= 4 is 5.91 Å². The van der Waals surface area contributed by atoms with E-state index in [0.29, 0.717) is 5.92 Å². The van der Waals surface area contributed by atoms with Gasteiger partial charge in [0.1, 0.15) is 0 Å². The lowest BCUT2D eigenvalue weighted by Crippen LogP contribution is -2.49. The first-order chi connectivity index (χ1) is 7.00. The molecule has 1 aliphatic rings. The average molecular weight is 220 g/mol. The number of hydrogen-bond donors (Lipinski definition) is 1. The number of amides is 1. The van der Waals surface area contributed by atoms with Crippen LogP contribution in [0.1, 0.15) is 19.8 Å². The van der Waals surface area contributed by atoms with E-state index in [1.165, 1.54) is 7.05 Å². The van der Waals surface area contributed by atoms with Crippen molar-refractivity contribution in [2.45, 2.75) is 32.2 Å². The summed E-state index contributed by atoms with van der Waals surface area (Å²) in [7, 11) is 1.43. The number of piperidine rings is 1. The molecule has 3 nitrogen and oxygen atoms in total. The number of nitrogens with zero attached hydrogens (tertiary/aromatic N) is 1. The molecule has 88 valence electrons. The SMILES string of the molecule is CC1CCNC(C(=O)N(C)CC(F)F)C1. The maximum Gasteiger partial charge on any atom is 0.255 e. The second-order valence-electron chi connectivity index (χ2n) is 4.25. The second kappa shape index (κ2) is 5.39. The summed E-state index contributed by atoms with van der Waals surface area (Å²) in [4.78, 5) is 12.8. The van der Waals surface area contributed by atoms with Crippen LogP contribution < -0.4 is 5.32 Å². The molecule has 2 unspecified atom stereocenters. The van der Waals surface area contributed by atoms with Crippen LogP contribution in [-0.4, -0.2) is 43.4 Å². The Bertz CT molecular complexity index is 223. The molecule has 1 N–H and O–H groups in total. The van der Waals surface area contributed by atoms with Gasteiger partial charge in [0.2, 0.25) is 5.91 Å². The molecule has 1 aliphatic heterocycles. The van der Waals surface area contributed by atoms with Gasteiger partial charge >= 0.3 is 0 Å². The van der Waals surface area contributed by atoms with Gasteiger partial charge in [0.05, 0.1) is 12.6 Å². The third-order valence-electron chi connectivity index (χ3n) is 2.75. The molecule has 1 saturated heterocycles. The van der Waals surface area contributed by atoms with E-state index in [0.717, 1.165) is 24.3 Å². The monoisotopic (exact) mass is 220 g/mol. The number of halogens is 2. The van der Waals surface area contributed by atoms with E-state index in [1.54, 1.807) is 0 Å². The number of alkyl halides is 2. The Kier molecular flexibility index (Phi) is 4.45. The lowest BCUT2D eigenvalue weighted by molar-refractivity contribution is -0.134. The number of hydrogen-bond acceptors (Lipinski definition) is 2. The van der Waals surface area contributed by atoms with Crippen molar-refractivity contribution in [2.24, 2.45) is 5.92 Å². The Morgan fingerprint density at radius 1 is 1.60 bits per heavy atom. The maximum absolute atomic E-state index is 12.1. The molecule has 0 aromatic heterocycles. The van der Waals surface area contributed by atoms with E-state index < -0.39 is 13.0 Å². The van der Waals surface area contributed by atoms with E-state index in [4.69, 9.17) is 0 Å². The van der Waals surface area contributed by atoms with Gasteiger partial charge in [-0.25, -0.2) is 8.78 Å². The third-order valence-corrected chi connectivity index (χ3v) is 2.75. The normalized spacial score (nSPS) is 26.7. The number of carbonyl (C=O) groups is 1. The summed E-state index contributed by atoms with van der Waals surface area (Å²) in [6, 6.07) is -0.280. The fourth-order valence-corrected chi connectivity index (χ4v) is 1.86. The quantitative estimate of drug-likeness (QED) is 0.772. The molecule has 0 aliphatic carbocycles. The lowest BCUT2D eigenvalue weighted by atomic mass is 9.93. The average Bonchev–Trinajstić information content (AvgIpc) is 2.15. The molecule has 0 radical (unpaired) electrons. The Hall–Kier alpha value is -0.710. The van der Waals surface area contributed by atoms with E-state index in [-0.39, 0.29) is 11.9 Å². The van der Waals surface area contributed by atoms with E-state index in [9.17, 15) is 13.6 Å². The van der Waals surface area contributed by atoms with E-state index >= 15 is 0 Å². The molecular formula is C10H18F2N2O. The maximum atomic E-state index is 12.1. The predicted octanol–water partition coefficient (Wildman–Crippen LogP) is 1.10. The molecule has 1 rings (SSSR count). The molecular weight excluding hydrogens is 202 g/mol. The highest BCUT2D eigenvalue weighted by atomic mass is 19.3. The Labute approximate surface area is 88.8 Å². The molecule has 15 heavy (non-hydrogen) atoms. The first-order valence-electron chi connectivity index (χ1n) is 5.27. The summed E-state index contributed by atoms with van der Waals surface area (Å²) in [6.45, 7) is 2.39. The molecule has 2 atom stereocenters. The van der Waals surface area contributed by atoms with Crippen LogP contribution in [0.25, 0.3) is 0 Å². The van der Waals surface area contributed by atoms with Gasteiger partial charge in [0.15, 0.2) is 0 Å². The molecule has 1 heterocycles. The van der Waals surface area contributed by atoms with Crippen LogP contribution in [0.3, 0.4) is 0 Å². The van der Waals surface area contributed by atoms with E-state index in [1.807, 2.05) is 0 Å². The van der Waals surface area contributed by atoms with Crippen molar-refractivity contribution in [3.8, 4) is 0 Å². The highest BCUT2D eigenvalue weighted by molar-refractivity contribution is 5.81. The van der Waals surface area contributed by atoms with Crippen molar-refractivity contribution in [2.75, 3.05) is 20.1 Å². The van der Waals surface area contributed by atoms with Crippen LogP contribution in [0.15, 0.2) is 0 Å². The van der Waals surface area contributed by atoms with Crippen LogP contribution in [0.2, 0.25) is 0 Å². The molecule has 1 fully saturated rings. The molecule has 0 aromatic rings. The zero-order valence-corrected chi connectivity index (χ0v) is 9.17. The van der Waals surface area contributed by atoms with Gasteiger partial charge < -0.3 is 10.2 Å². The third kappa shape index (κ3) is 3.74. The summed E-state index contributed by atoms with van der Waals surface area (Å²) in [6.07, 6.45) is -0.672.